The molecule has 0 fully saturated rings. The maximum absolute atomic E-state index is 11.5. The highest BCUT2D eigenvalue weighted by Gasteiger charge is 2.24. The number of aryl methyl sites for hydroxylation is 2. The van der Waals surface area contributed by atoms with Gasteiger partial charge in [0.25, 0.3) is 0 Å². The van der Waals surface area contributed by atoms with E-state index in [2.05, 4.69) is 17.6 Å². The van der Waals surface area contributed by atoms with E-state index in [1.165, 1.54) is 11.3 Å². The summed E-state index contributed by atoms with van der Waals surface area (Å²) in [6.07, 6.45) is -0.278. The van der Waals surface area contributed by atoms with E-state index in [9.17, 15) is 9.59 Å². The van der Waals surface area contributed by atoms with Crippen LogP contribution in [-0.2, 0) is 9.59 Å². The Bertz CT molecular complexity index is 624. The van der Waals surface area contributed by atoms with Crippen molar-refractivity contribution in [3.63, 3.8) is 0 Å². The Kier molecular flexibility index (Phi) is 3.91. The summed E-state index contributed by atoms with van der Waals surface area (Å²) in [4.78, 5) is 26.6. The predicted molar refractivity (Wildman–Crippen MR) is 78.1 cm³/mol. The van der Waals surface area contributed by atoms with Gasteiger partial charge in [-0.15, -0.1) is 24.0 Å². The minimum Gasteiger partial charge on any atom is -0.481 e. The summed E-state index contributed by atoms with van der Waals surface area (Å²) in [5.41, 5.74) is 3.07. The lowest BCUT2D eigenvalue weighted by molar-refractivity contribution is -0.138. The van der Waals surface area contributed by atoms with E-state index in [1.807, 2.05) is 26.0 Å². The van der Waals surface area contributed by atoms with Crippen molar-refractivity contribution in [1.82, 2.24) is 4.98 Å². The number of fused-ring (bicyclic) bond motifs is 1. The zero-order chi connectivity index (χ0) is 14.2. The number of carbonyl (C=O) groups is 2. The van der Waals surface area contributed by atoms with Crippen LogP contribution in [0.1, 0.15) is 28.5 Å². The van der Waals surface area contributed by atoms with E-state index in [0.717, 1.165) is 21.3 Å². The molecule has 2 rings (SSSR count). The van der Waals surface area contributed by atoms with Crippen LogP contribution < -0.4 is 0 Å². The van der Waals surface area contributed by atoms with Gasteiger partial charge in [0.2, 0.25) is 0 Å². The van der Waals surface area contributed by atoms with Gasteiger partial charge in [0.15, 0.2) is 5.12 Å². The van der Waals surface area contributed by atoms with Gasteiger partial charge in [0, 0.05) is 0 Å². The molecule has 0 bridgehead atoms. The average molecular weight is 295 g/mol. The van der Waals surface area contributed by atoms with Crippen molar-refractivity contribution in [3.8, 4) is 0 Å². The van der Waals surface area contributed by atoms with Crippen LogP contribution >= 0.6 is 24.0 Å². The molecule has 0 aliphatic rings. The average Bonchev–Trinajstić information content (AvgIpc) is 2.68. The molecule has 1 aromatic carbocycles. The molecule has 4 nitrogen and oxygen atoms in total. The number of hydrogen-bond acceptors (Lipinski definition) is 4. The van der Waals surface area contributed by atoms with E-state index >= 15 is 0 Å². The molecule has 0 radical (unpaired) electrons. The Balaban J connectivity index is 2.49. The van der Waals surface area contributed by atoms with Crippen LogP contribution in [0.4, 0.5) is 0 Å². The maximum atomic E-state index is 11.5. The number of nitrogens with zero attached hydrogens (tertiary/aromatic N) is 1. The monoisotopic (exact) mass is 295 g/mol. The number of benzene rings is 1. The Morgan fingerprint density at radius 2 is 2.00 bits per heavy atom. The van der Waals surface area contributed by atoms with Crippen molar-refractivity contribution in [3.05, 3.63) is 28.3 Å². The number of carboxylic acid groups (broad SMARTS) is 1. The van der Waals surface area contributed by atoms with E-state index in [-0.39, 0.29) is 6.42 Å². The summed E-state index contributed by atoms with van der Waals surface area (Å²) in [5, 5.41) is 8.90. The van der Waals surface area contributed by atoms with Crippen LogP contribution in [0.3, 0.4) is 0 Å². The molecule has 0 amide bonds. The van der Waals surface area contributed by atoms with Crippen molar-refractivity contribution in [1.29, 1.82) is 0 Å². The lowest BCUT2D eigenvalue weighted by Crippen LogP contribution is -2.11. The molecule has 6 heteroatoms. The molecule has 1 aromatic heterocycles. The van der Waals surface area contributed by atoms with Crippen LogP contribution in [-0.4, -0.2) is 21.2 Å². The summed E-state index contributed by atoms with van der Waals surface area (Å²) in [6.45, 7) is 4.00. The molecule has 1 heterocycles. The zero-order valence-corrected chi connectivity index (χ0v) is 12.2. The molecule has 0 aliphatic heterocycles. The number of hydrogen-bond donors (Lipinski definition) is 2. The molecule has 19 heavy (non-hydrogen) atoms. The first-order valence-corrected chi connectivity index (χ1v) is 6.97. The van der Waals surface area contributed by atoms with E-state index in [1.54, 1.807) is 0 Å². The lowest BCUT2D eigenvalue weighted by Gasteiger charge is -2.05. The number of rotatable bonds is 4. The lowest BCUT2D eigenvalue weighted by atomic mass is 10.1. The first kappa shape index (κ1) is 14.0. The molecular weight excluding hydrogens is 282 g/mol. The Morgan fingerprint density at radius 3 is 2.58 bits per heavy atom. The molecule has 0 aliphatic carbocycles. The Labute approximate surface area is 119 Å². The number of carboxylic acids is 1. The van der Waals surface area contributed by atoms with E-state index < -0.39 is 17.0 Å². The van der Waals surface area contributed by atoms with Crippen molar-refractivity contribution in [2.24, 2.45) is 0 Å². The van der Waals surface area contributed by atoms with Gasteiger partial charge < -0.3 is 5.11 Å². The fourth-order valence-corrected chi connectivity index (χ4v) is 3.25. The minimum atomic E-state index is -1.03. The first-order valence-electron chi connectivity index (χ1n) is 5.70. The number of thiol groups is 1. The molecule has 0 saturated carbocycles. The van der Waals surface area contributed by atoms with Crippen LogP contribution in [0.5, 0.6) is 0 Å². The Hall–Kier alpha value is -1.40. The summed E-state index contributed by atoms with van der Waals surface area (Å²) < 4.78 is 0.961. The highest BCUT2D eigenvalue weighted by Crippen LogP contribution is 2.32. The van der Waals surface area contributed by atoms with Crippen molar-refractivity contribution in [2.45, 2.75) is 26.2 Å². The normalized spacial score (nSPS) is 12.6. The van der Waals surface area contributed by atoms with Crippen LogP contribution in [0.15, 0.2) is 12.1 Å². The van der Waals surface area contributed by atoms with E-state index in [4.69, 9.17) is 5.11 Å². The maximum Gasteiger partial charge on any atom is 0.304 e. The second-order valence-corrected chi connectivity index (χ2v) is 5.95. The fraction of sp³-hybridized carbons (Fsp3) is 0.308. The standard InChI is InChI=1S/C13H13NO3S2/c1-6-3-9-10(4-7(6)2)19-12(14-9)8(13(17)18)5-11(15)16/h3-4,8H,5H2,1-2H3,(H,15,16)(H,17,18). The number of carbonyl (C=O) groups excluding carboxylic acids is 1. The topological polar surface area (TPSA) is 67.3 Å². The van der Waals surface area contributed by atoms with Gasteiger partial charge in [-0.2, -0.15) is 0 Å². The molecule has 1 N–H and O–H groups in total. The van der Waals surface area contributed by atoms with Crippen LogP contribution in [0.2, 0.25) is 0 Å². The summed E-state index contributed by atoms with van der Waals surface area (Å²) in [5.74, 6) is -1.81. The van der Waals surface area contributed by atoms with Gasteiger partial charge in [0.1, 0.15) is 5.01 Å². The minimum absolute atomic E-state index is 0.278. The number of aliphatic carboxylic acids is 1. The summed E-state index contributed by atoms with van der Waals surface area (Å²) in [6, 6.07) is 3.96. The molecule has 2 aromatic rings. The molecule has 1 unspecified atom stereocenters. The highest BCUT2D eigenvalue weighted by atomic mass is 32.1. The summed E-state index contributed by atoms with van der Waals surface area (Å²) in [7, 11) is 0. The quantitative estimate of drug-likeness (QED) is 0.851. The zero-order valence-electron chi connectivity index (χ0n) is 10.5. The molecule has 1 atom stereocenters. The van der Waals surface area contributed by atoms with Crippen molar-refractivity contribution < 1.29 is 14.7 Å². The predicted octanol–water partition coefficient (Wildman–Crippen LogP) is 2.93. The molecular formula is C13H13NO3S2. The molecule has 0 spiro atoms. The van der Waals surface area contributed by atoms with E-state index in [0.29, 0.717) is 5.01 Å². The van der Waals surface area contributed by atoms with Gasteiger partial charge in [-0.25, -0.2) is 4.98 Å². The summed E-state index contributed by atoms with van der Waals surface area (Å²) >= 11 is 5.12. The SMILES string of the molecule is Cc1cc2nc(C(CC(=O)O)C(=O)S)sc2cc1C. The largest absolute Gasteiger partial charge is 0.481 e. The van der Waals surface area contributed by atoms with Crippen LogP contribution in [0.25, 0.3) is 10.2 Å². The number of aromatic nitrogens is 1. The van der Waals surface area contributed by atoms with Gasteiger partial charge in [-0.3, -0.25) is 9.59 Å². The first-order chi connectivity index (χ1) is 8.88. The third-order valence-corrected chi connectivity index (χ3v) is 4.44. The molecule has 100 valence electrons. The smallest absolute Gasteiger partial charge is 0.304 e. The third kappa shape index (κ3) is 2.96. The second-order valence-electron chi connectivity index (χ2n) is 4.44. The third-order valence-electron chi connectivity index (χ3n) is 3.00. The van der Waals surface area contributed by atoms with Crippen molar-refractivity contribution in [2.75, 3.05) is 0 Å². The van der Waals surface area contributed by atoms with Gasteiger partial charge in [-0.1, -0.05) is 0 Å². The van der Waals surface area contributed by atoms with Gasteiger partial charge >= 0.3 is 5.97 Å². The van der Waals surface area contributed by atoms with Crippen LogP contribution in [0, 0.1) is 13.8 Å². The molecule has 0 saturated heterocycles. The van der Waals surface area contributed by atoms with Crippen molar-refractivity contribution >= 4 is 45.3 Å². The number of thiazole rings is 1. The van der Waals surface area contributed by atoms with Gasteiger partial charge in [0.05, 0.1) is 22.6 Å². The van der Waals surface area contributed by atoms with Gasteiger partial charge in [-0.05, 0) is 37.1 Å². The second kappa shape index (κ2) is 5.30. The highest BCUT2D eigenvalue weighted by molar-refractivity contribution is 7.96. The fourth-order valence-electron chi connectivity index (χ4n) is 1.80. The Morgan fingerprint density at radius 1 is 1.37 bits per heavy atom.